The zero-order valence-electron chi connectivity index (χ0n) is 11.2. The summed E-state index contributed by atoms with van der Waals surface area (Å²) in [6.45, 7) is 2.47. The van der Waals surface area contributed by atoms with Crippen molar-refractivity contribution < 1.29 is 19.1 Å². The van der Waals surface area contributed by atoms with Crippen LogP contribution in [0.3, 0.4) is 0 Å². The molecular weight excluding hydrogens is 263 g/mol. The molecule has 1 heterocycles. The fraction of sp³-hybridized carbons (Fsp3) is 0.429. The second-order valence-electron chi connectivity index (χ2n) is 4.96. The Hall–Kier alpha value is -1.95. The fourth-order valence-corrected chi connectivity index (χ4v) is 2.12. The van der Waals surface area contributed by atoms with Gasteiger partial charge >= 0.3 is 0 Å². The molecule has 2 amide bonds. The fourth-order valence-electron chi connectivity index (χ4n) is 2.12. The summed E-state index contributed by atoms with van der Waals surface area (Å²) in [6, 6.07) is 5.48. The maximum atomic E-state index is 13.0. The van der Waals surface area contributed by atoms with Crippen molar-refractivity contribution in [3.05, 3.63) is 35.6 Å². The number of amides is 2. The number of nitrogens with zero attached hydrogens (tertiary/aromatic N) is 1. The lowest BCUT2D eigenvalue weighted by molar-refractivity contribution is -0.136. The highest BCUT2D eigenvalue weighted by Crippen LogP contribution is 2.18. The number of rotatable bonds is 4. The molecule has 2 N–H and O–H groups in total. The second kappa shape index (κ2) is 6.00. The number of carbonyl (C=O) groups excluding carboxylic acids is 2. The van der Waals surface area contributed by atoms with Gasteiger partial charge in [-0.3, -0.25) is 9.59 Å². The Labute approximate surface area is 116 Å². The van der Waals surface area contributed by atoms with Gasteiger partial charge < -0.3 is 15.3 Å². The van der Waals surface area contributed by atoms with Crippen molar-refractivity contribution in [2.24, 2.45) is 0 Å². The quantitative estimate of drug-likeness (QED) is 0.848. The number of nitrogens with one attached hydrogen (secondary N) is 1. The smallest absolute Gasteiger partial charge is 0.223 e. The van der Waals surface area contributed by atoms with E-state index in [4.69, 9.17) is 0 Å². The van der Waals surface area contributed by atoms with Gasteiger partial charge in [-0.05, 0) is 17.7 Å². The molecule has 108 valence electrons. The molecule has 1 unspecified atom stereocenters. The predicted molar refractivity (Wildman–Crippen MR) is 70.2 cm³/mol. The molecule has 0 aliphatic carbocycles. The monoisotopic (exact) mass is 280 g/mol. The van der Waals surface area contributed by atoms with Crippen LogP contribution in [0, 0.1) is 5.82 Å². The molecule has 20 heavy (non-hydrogen) atoms. The normalized spacial score (nSPS) is 16.4. The molecule has 1 aromatic carbocycles. The molecule has 1 aliphatic rings. The maximum Gasteiger partial charge on any atom is 0.223 e. The first-order chi connectivity index (χ1) is 9.45. The highest BCUT2D eigenvalue weighted by molar-refractivity contribution is 5.78. The molecule has 0 bridgehead atoms. The predicted octanol–water partition coefficient (Wildman–Crippen LogP) is 0.596. The Morgan fingerprint density at radius 2 is 2.20 bits per heavy atom. The second-order valence-corrected chi connectivity index (χ2v) is 4.96. The van der Waals surface area contributed by atoms with E-state index in [1.165, 1.54) is 25.1 Å². The van der Waals surface area contributed by atoms with Gasteiger partial charge in [-0.25, -0.2) is 4.39 Å². The zero-order chi connectivity index (χ0) is 14.7. The highest BCUT2D eigenvalue weighted by atomic mass is 19.1. The van der Waals surface area contributed by atoms with E-state index in [0.29, 0.717) is 18.7 Å². The Morgan fingerprint density at radius 3 is 2.80 bits per heavy atom. The summed E-state index contributed by atoms with van der Waals surface area (Å²) in [5, 5.41) is 12.6. The van der Waals surface area contributed by atoms with Crippen molar-refractivity contribution in [1.29, 1.82) is 0 Å². The van der Waals surface area contributed by atoms with Crippen LogP contribution in [-0.2, 0) is 9.59 Å². The Balaban J connectivity index is 1.79. The molecule has 0 spiro atoms. The van der Waals surface area contributed by atoms with Crippen molar-refractivity contribution in [1.82, 2.24) is 10.2 Å². The number of halogens is 1. The number of likely N-dealkylation sites (tertiary alicyclic amines) is 1. The SMILES string of the molecule is CC(=O)N1CC(NC(=O)CC(O)c2cccc(F)c2)C1. The van der Waals surface area contributed by atoms with Gasteiger partial charge in [0, 0.05) is 20.0 Å². The number of hydrogen-bond donors (Lipinski definition) is 2. The molecule has 1 atom stereocenters. The Morgan fingerprint density at radius 1 is 1.50 bits per heavy atom. The van der Waals surface area contributed by atoms with E-state index in [0.717, 1.165) is 0 Å². The zero-order valence-corrected chi connectivity index (χ0v) is 11.2. The van der Waals surface area contributed by atoms with Gasteiger partial charge in [0.15, 0.2) is 0 Å². The summed E-state index contributed by atoms with van der Waals surface area (Å²) < 4.78 is 13.0. The van der Waals surface area contributed by atoms with Crippen molar-refractivity contribution in [3.63, 3.8) is 0 Å². The molecule has 0 aromatic heterocycles. The van der Waals surface area contributed by atoms with Crippen LogP contribution >= 0.6 is 0 Å². The molecule has 1 aromatic rings. The van der Waals surface area contributed by atoms with E-state index in [1.807, 2.05) is 0 Å². The molecule has 2 rings (SSSR count). The summed E-state index contributed by atoms with van der Waals surface area (Å²) in [6.07, 6.45) is -1.16. The van der Waals surface area contributed by atoms with Gasteiger partial charge in [-0.1, -0.05) is 12.1 Å². The van der Waals surface area contributed by atoms with Crippen LogP contribution in [0.1, 0.15) is 25.0 Å². The first-order valence-electron chi connectivity index (χ1n) is 6.44. The lowest BCUT2D eigenvalue weighted by Gasteiger charge is -2.39. The lowest BCUT2D eigenvalue weighted by atomic mass is 10.0. The molecule has 1 fully saturated rings. The number of benzene rings is 1. The third-order valence-electron chi connectivity index (χ3n) is 3.30. The first-order valence-corrected chi connectivity index (χ1v) is 6.44. The van der Waals surface area contributed by atoms with E-state index in [2.05, 4.69) is 5.32 Å². The van der Waals surface area contributed by atoms with Crippen molar-refractivity contribution in [3.8, 4) is 0 Å². The first kappa shape index (κ1) is 14.5. The summed E-state index contributed by atoms with van der Waals surface area (Å²) >= 11 is 0. The molecule has 1 saturated heterocycles. The van der Waals surface area contributed by atoms with E-state index in [9.17, 15) is 19.1 Å². The van der Waals surface area contributed by atoms with Crippen LogP contribution in [0.2, 0.25) is 0 Å². The van der Waals surface area contributed by atoms with Gasteiger partial charge in [0.1, 0.15) is 5.82 Å². The average molecular weight is 280 g/mol. The number of aliphatic hydroxyl groups excluding tert-OH is 1. The molecule has 6 heteroatoms. The molecule has 0 radical (unpaired) electrons. The van der Waals surface area contributed by atoms with Crippen LogP contribution in [0.4, 0.5) is 4.39 Å². The topological polar surface area (TPSA) is 69.6 Å². The van der Waals surface area contributed by atoms with Crippen LogP contribution in [0.5, 0.6) is 0 Å². The maximum absolute atomic E-state index is 13.0. The number of aliphatic hydroxyl groups is 1. The minimum atomic E-state index is -1.03. The van der Waals surface area contributed by atoms with Crippen molar-refractivity contribution in [2.45, 2.75) is 25.5 Å². The molecule has 1 aliphatic heterocycles. The van der Waals surface area contributed by atoms with Crippen LogP contribution in [0.15, 0.2) is 24.3 Å². The van der Waals surface area contributed by atoms with Gasteiger partial charge in [0.05, 0.1) is 18.6 Å². The third kappa shape index (κ3) is 3.54. The van der Waals surface area contributed by atoms with Gasteiger partial charge in [0.2, 0.25) is 11.8 Å². The summed E-state index contributed by atoms with van der Waals surface area (Å²) in [5.41, 5.74) is 0.374. The van der Waals surface area contributed by atoms with Crippen LogP contribution < -0.4 is 5.32 Å². The summed E-state index contributed by atoms with van der Waals surface area (Å²) in [4.78, 5) is 24.3. The van der Waals surface area contributed by atoms with Crippen molar-refractivity contribution >= 4 is 11.8 Å². The number of hydrogen-bond acceptors (Lipinski definition) is 3. The third-order valence-corrected chi connectivity index (χ3v) is 3.30. The standard InChI is InChI=1S/C14H17FN2O3/c1-9(18)17-7-12(8-17)16-14(20)6-13(19)10-3-2-4-11(15)5-10/h2-5,12-13,19H,6-8H2,1H3,(H,16,20). The summed E-state index contributed by atoms with van der Waals surface area (Å²) in [7, 11) is 0. The molecule has 5 nitrogen and oxygen atoms in total. The lowest BCUT2D eigenvalue weighted by Crippen LogP contribution is -2.60. The van der Waals surface area contributed by atoms with Crippen molar-refractivity contribution in [2.75, 3.05) is 13.1 Å². The molecule has 0 saturated carbocycles. The van der Waals surface area contributed by atoms with Gasteiger partial charge in [0.25, 0.3) is 0 Å². The number of carbonyl (C=O) groups is 2. The largest absolute Gasteiger partial charge is 0.388 e. The minimum absolute atomic E-state index is 0.0182. The highest BCUT2D eigenvalue weighted by Gasteiger charge is 2.29. The van der Waals surface area contributed by atoms with E-state index < -0.39 is 11.9 Å². The van der Waals surface area contributed by atoms with Gasteiger partial charge in [-0.2, -0.15) is 0 Å². The van der Waals surface area contributed by atoms with Gasteiger partial charge in [-0.15, -0.1) is 0 Å². The minimum Gasteiger partial charge on any atom is -0.388 e. The Kier molecular flexibility index (Phi) is 4.34. The average Bonchev–Trinajstić information content (AvgIpc) is 2.32. The van der Waals surface area contributed by atoms with E-state index in [-0.39, 0.29) is 24.3 Å². The van der Waals surface area contributed by atoms with Crippen LogP contribution in [0.25, 0.3) is 0 Å². The molecular formula is C14H17FN2O3. The Bertz CT molecular complexity index is 515. The van der Waals surface area contributed by atoms with E-state index >= 15 is 0 Å². The van der Waals surface area contributed by atoms with Crippen LogP contribution in [-0.4, -0.2) is 41.0 Å². The van der Waals surface area contributed by atoms with E-state index in [1.54, 1.807) is 11.0 Å². The summed E-state index contributed by atoms with van der Waals surface area (Å²) in [5.74, 6) is -0.775.